The number of hydrogen-bond acceptors (Lipinski definition) is 2. The van der Waals surface area contributed by atoms with E-state index in [1.54, 1.807) is 4.90 Å². The van der Waals surface area contributed by atoms with Crippen LogP contribution in [0.15, 0.2) is 30.3 Å². The lowest BCUT2D eigenvalue weighted by Crippen LogP contribution is -2.30. The summed E-state index contributed by atoms with van der Waals surface area (Å²) < 4.78 is 0. The number of benzene rings is 1. The SMILES string of the molecule is CCN(C(=O)CCCCO)c1ccccc1. The Morgan fingerprint density at radius 3 is 2.50 bits per heavy atom. The molecule has 0 unspecified atom stereocenters. The third kappa shape index (κ3) is 3.66. The number of anilines is 1. The molecule has 0 bridgehead atoms. The van der Waals surface area contributed by atoms with E-state index < -0.39 is 0 Å². The Morgan fingerprint density at radius 2 is 1.94 bits per heavy atom. The number of hydrogen-bond donors (Lipinski definition) is 1. The number of para-hydroxylation sites is 1. The highest BCUT2D eigenvalue weighted by atomic mass is 16.3. The number of rotatable bonds is 6. The molecule has 0 fully saturated rings. The van der Waals surface area contributed by atoms with Crippen LogP contribution in [0.4, 0.5) is 5.69 Å². The van der Waals surface area contributed by atoms with Crippen molar-refractivity contribution in [3.8, 4) is 0 Å². The molecule has 0 aliphatic carbocycles. The van der Waals surface area contributed by atoms with Crippen molar-refractivity contribution in [2.45, 2.75) is 26.2 Å². The number of carbonyl (C=O) groups is 1. The van der Waals surface area contributed by atoms with Gasteiger partial charge >= 0.3 is 0 Å². The first-order valence-electron chi connectivity index (χ1n) is 5.76. The zero-order valence-corrected chi connectivity index (χ0v) is 9.72. The van der Waals surface area contributed by atoms with Gasteiger partial charge in [0, 0.05) is 25.3 Å². The molecule has 0 radical (unpaired) electrons. The number of unbranched alkanes of at least 4 members (excludes halogenated alkanes) is 1. The van der Waals surface area contributed by atoms with Gasteiger partial charge in [0.05, 0.1) is 0 Å². The second-order valence-corrected chi connectivity index (χ2v) is 3.65. The molecular weight excluding hydrogens is 202 g/mol. The third-order valence-corrected chi connectivity index (χ3v) is 2.48. The van der Waals surface area contributed by atoms with E-state index in [-0.39, 0.29) is 12.5 Å². The number of aliphatic hydroxyl groups excluding tert-OH is 1. The van der Waals surface area contributed by atoms with Crippen LogP contribution in [-0.2, 0) is 4.79 Å². The van der Waals surface area contributed by atoms with Crippen molar-refractivity contribution in [1.82, 2.24) is 0 Å². The maximum Gasteiger partial charge on any atom is 0.226 e. The molecule has 16 heavy (non-hydrogen) atoms. The standard InChI is InChI=1S/C13H19NO2/c1-2-14(12-8-4-3-5-9-12)13(16)10-6-7-11-15/h3-5,8-9,15H,2,6-7,10-11H2,1H3. The van der Waals surface area contributed by atoms with E-state index in [0.717, 1.165) is 12.1 Å². The van der Waals surface area contributed by atoms with Crippen LogP contribution in [0.2, 0.25) is 0 Å². The molecule has 1 aromatic rings. The molecule has 1 rings (SSSR count). The van der Waals surface area contributed by atoms with Crippen molar-refractivity contribution in [1.29, 1.82) is 0 Å². The fraction of sp³-hybridized carbons (Fsp3) is 0.462. The second-order valence-electron chi connectivity index (χ2n) is 3.65. The van der Waals surface area contributed by atoms with Crippen molar-refractivity contribution in [2.75, 3.05) is 18.1 Å². The number of carbonyl (C=O) groups excluding carboxylic acids is 1. The van der Waals surface area contributed by atoms with Crippen molar-refractivity contribution < 1.29 is 9.90 Å². The Bertz CT molecular complexity index is 311. The van der Waals surface area contributed by atoms with Crippen LogP contribution in [-0.4, -0.2) is 24.2 Å². The summed E-state index contributed by atoms with van der Waals surface area (Å²) >= 11 is 0. The lowest BCUT2D eigenvalue weighted by molar-refractivity contribution is -0.118. The quantitative estimate of drug-likeness (QED) is 0.748. The molecule has 1 amide bonds. The molecule has 0 atom stereocenters. The van der Waals surface area contributed by atoms with Gasteiger partial charge in [-0.05, 0) is 31.9 Å². The lowest BCUT2D eigenvalue weighted by atomic mass is 10.2. The van der Waals surface area contributed by atoms with Crippen LogP contribution in [0.3, 0.4) is 0 Å². The maximum atomic E-state index is 11.9. The zero-order chi connectivity index (χ0) is 11.8. The average molecular weight is 221 g/mol. The Morgan fingerprint density at radius 1 is 1.25 bits per heavy atom. The van der Waals surface area contributed by atoms with Crippen molar-refractivity contribution in [3.05, 3.63) is 30.3 Å². The highest BCUT2D eigenvalue weighted by Crippen LogP contribution is 2.14. The van der Waals surface area contributed by atoms with Gasteiger partial charge in [0.15, 0.2) is 0 Å². The first-order valence-corrected chi connectivity index (χ1v) is 5.76. The summed E-state index contributed by atoms with van der Waals surface area (Å²) in [5.41, 5.74) is 0.944. The normalized spacial score (nSPS) is 10.1. The average Bonchev–Trinajstić information content (AvgIpc) is 2.32. The third-order valence-electron chi connectivity index (χ3n) is 2.48. The fourth-order valence-corrected chi connectivity index (χ4v) is 1.63. The van der Waals surface area contributed by atoms with Gasteiger partial charge in [-0.1, -0.05) is 18.2 Å². The van der Waals surface area contributed by atoms with Crippen LogP contribution in [0.5, 0.6) is 0 Å². The molecule has 0 aliphatic heterocycles. The van der Waals surface area contributed by atoms with Crippen molar-refractivity contribution in [3.63, 3.8) is 0 Å². The minimum Gasteiger partial charge on any atom is -0.396 e. The largest absolute Gasteiger partial charge is 0.396 e. The molecule has 88 valence electrons. The fourth-order valence-electron chi connectivity index (χ4n) is 1.63. The molecule has 0 spiro atoms. The van der Waals surface area contributed by atoms with Gasteiger partial charge in [-0.15, -0.1) is 0 Å². The molecule has 0 aliphatic rings. The minimum absolute atomic E-state index is 0.127. The van der Waals surface area contributed by atoms with Crippen LogP contribution in [0.25, 0.3) is 0 Å². The zero-order valence-electron chi connectivity index (χ0n) is 9.72. The minimum atomic E-state index is 0.127. The molecule has 1 aromatic carbocycles. The summed E-state index contributed by atoms with van der Waals surface area (Å²) in [6.07, 6.45) is 1.94. The number of amides is 1. The predicted molar refractivity (Wildman–Crippen MR) is 65.4 cm³/mol. The molecule has 3 nitrogen and oxygen atoms in total. The Labute approximate surface area is 96.7 Å². The van der Waals surface area contributed by atoms with Gasteiger partial charge in [0.2, 0.25) is 5.91 Å². The molecule has 0 aromatic heterocycles. The van der Waals surface area contributed by atoms with E-state index in [9.17, 15) is 4.79 Å². The monoisotopic (exact) mass is 221 g/mol. The van der Waals surface area contributed by atoms with E-state index in [2.05, 4.69) is 0 Å². The first-order chi connectivity index (χ1) is 7.79. The summed E-state index contributed by atoms with van der Waals surface area (Å²) in [6.45, 7) is 2.81. The van der Waals surface area contributed by atoms with Gasteiger partial charge in [0.1, 0.15) is 0 Å². The molecule has 0 saturated carbocycles. The van der Waals surface area contributed by atoms with Gasteiger partial charge in [-0.2, -0.15) is 0 Å². The van der Waals surface area contributed by atoms with Crippen LogP contribution < -0.4 is 4.90 Å². The van der Waals surface area contributed by atoms with E-state index in [4.69, 9.17) is 5.11 Å². The number of nitrogens with zero attached hydrogens (tertiary/aromatic N) is 1. The highest BCUT2D eigenvalue weighted by Gasteiger charge is 2.12. The van der Waals surface area contributed by atoms with Crippen molar-refractivity contribution in [2.24, 2.45) is 0 Å². The second kappa shape index (κ2) is 7.01. The molecule has 0 heterocycles. The molecule has 1 N–H and O–H groups in total. The maximum absolute atomic E-state index is 11.9. The molecule has 3 heteroatoms. The topological polar surface area (TPSA) is 40.5 Å². The van der Waals surface area contributed by atoms with E-state index >= 15 is 0 Å². The van der Waals surface area contributed by atoms with E-state index in [1.165, 1.54) is 0 Å². The number of aliphatic hydroxyl groups is 1. The van der Waals surface area contributed by atoms with Gasteiger partial charge in [0.25, 0.3) is 0 Å². The van der Waals surface area contributed by atoms with Gasteiger partial charge < -0.3 is 10.0 Å². The van der Waals surface area contributed by atoms with Crippen LogP contribution in [0.1, 0.15) is 26.2 Å². The first kappa shape index (κ1) is 12.7. The lowest BCUT2D eigenvalue weighted by Gasteiger charge is -2.20. The van der Waals surface area contributed by atoms with Gasteiger partial charge in [-0.3, -0.25) is 4.79 Å². The Kier molecular flexibility index (Phi) is 5.57. The summed E-state index contributed by atoms with van der Waals surface area (Å²) in [6, 6.07) is 9.67. The predicted octanol–water partition coefficient (Wildman–Crippen LogP) is 2.20. The van der Waals surface area contributed by atoms with E-state index in [1.807, 2.05) is 37.3 Å². The van der Waals surface area contributed by atoms with Gasteiger partial charge in [-0.25, -0.2) is 0 Å². The summed E-state index contributed by atoms with van der Waals surface area (Å²) in [7, 11) is 0. The molecule has 0 saturated heterocycles. The summed E-state index contributed by atoms with van der Waals surface area (Å²) in [4.78, 5) is 13.7. The Balaban J connectivity index is 2.57. The highest BCUT2D eigenvalue weighted by molar-refractivity contribution is 5.93. The smallest absolute Gasteiger partial charge is 0.226 e. The van der Waals surface area contributed by atoms with Crippen molar-refractivity contribution >= 4 is 11.6 Å². The summed E-state index contributed by atoms with van der Waals surface area (Å²) in [5, 5.41) is 8.67. The van der Waals surface area contributed by atoms with Crippen LogP contribution in [0, 0.1) is 0 Å². The Hall–Kier alpha value is -1.35. The molecular formula is C13H19NO2. The van der Waals surface area contributed by atoms with E-state index in [0.29, 0.717) is 19.4 Å². The summed E-state index contributed by atoms with van der Waals surface area (Å²) in [5.74, 6) is 0.127. The van der Waals surface area contributed by atoms with Crippen LogP contribution >= 0.6 is 0 Å².